The summed E-state index contributed by atoms with van der Waals surface area (Å²) in [5.41, 5.74) is 0.146. The molecule has 4 heteroatoms. The third kappa shape index (κ3) is 9.20. The molecular formula is C17H31NO2S. The van der Waals surface area contributed by atoms with Crippen molar-refractivity contribution in [3.8, 4) is 0 Å². The van der Waals surface area contributed by atoms with Gasteiger partial charge in [-0.25, -0.2) is 4.79 Å². The molecule has 0 aromatic rings. The monoisotopic (exact) mass is 313 g/mol. The predicted molar refractivity (Wildman–Crippen MR) is 91.9 cm³/mol. The first-order chi connectivity index (χ1) is 9.55. The maximum atomic E-state index is 11.9. The van der Waals surface area contributed by atoms with Gasteiger partial charge in [0.15, 0.2) is 0 Å². The van der Waals surface area contributed by atoms with E-state index in [0.29, 0.717) is 6.04 Å². The summed E-state index contributed by atoms with van der Waals surface area (Å²) in [6.45, 7) is 12.7. The van der Waals surface area contributed by atoms with Crippen LogP contribution in [0.25, 0.3) is 0 Å². The third-order valence-corrected chi connectivity index (χ3v) is 3.96. The Hall–Kier alpha value is -0.480. The predicted octanol–water partition coefficient (Wildman–Crippen LogP) is 4.91. The standard InChI is InChI=1S/C17H31NO2S/c1-16(2,3)18-13-9-7-11-14(12-8-10-13)20-15(19)21-17(4,5)6/h7,11,13-14,18H,8-10,12H2,1-6H3/b11-7+. The van der Waals surface area contributed by atoms with Crippen molar-refractivity contribution in [2.75, 3.05) is 0 Å². The molecule has 1 rings (SSSR count). The minimum Gasteiger partial charge on any atom is -0.450 e. The molecule has 0 saturated carbocycles. The van der Waals surface area contributed by atoms with Gasteiger partial charge in [0.2, 0.25) is 0 Å². The van der Waals surface area contributed by atoms with Crippen LogP contribution in [0, 0.1) is 0 Å². The number of nitrogens with one attached hydrogen (secondary N) is 1. The van der Waals surface area contributed by atoms with Gasteiger partial charge in [-0.3, -0.25) is 0 Å². The van der Waals surface area contributed by atoms with Crippen LogP contribution in [0.4, 0.5) is 4.79 Å². The van der Waals surface area contributed by atoms with E-state index in [0.717, 1.165) is 25.7 Å². The lowest BCUT2D eigenvalue weighted by molar-refractivity contribution is 0.138. The van der Waals surface area contributed by atoms with Gasteiger partial charge in [0.05, 0.1) is 0 Å². The third-order valence-electron chi connectivity index (χ3n) is 3.09. The number of ether oxygens (including phenoxy) is 1. The van der Waals surface area contributed by atoms with Gasteiger partial charge < -0.3 is 10.1 Å². The topological polar surface area (TPSA) is 38.3 Å². The Morgan fingerprint density at radius 1 is 1.19 bits per heavy atom. The van der Waals surface area contributed by atoms with E-state index >= 15 is 0 Å². The van der Waals surface area contributed by atoms with Crippen LogP contribution in [0.2, 0.25) is 0 Å². The van der Waals surface area contributed by atoms with Gasteiger partial charge in [-0.15, -0.1) is 0 Å². The first kappa shape index (κ1) is 18.6. The molecule has 1 aliphatic rings. The van der Waals surface area contributed by atoms with Crippen LogP contribution in [0.5, 0.6) is 0 Å². The second-order valence-electron chi connectivity index (χ2n) is 7.81. The van der Waals surface area contributed by atoms with E-state index in [1.807, 2.05) is 20.8 Å². The molecule has 2 atom stereocenters. The fraction of sp³-hybridized carbons (Fsp3) is 0.824. The Morgan fingerprint density at radius 2 is 1.86 bits per heavy atom. The fourth-order valence-electron chi connectivity index (χ4n) is 2.41. The van der Waals surface area contributed by atoms with Crippen LogP contribution in [0.15, 0.2) is 12.2 Å². The van der Waals surface area contributed by atoms with E-state index in [4.69, 9.17) is 4.74 Å². The second kappa shape index (κ2) is 7.68. The molecule has 0 fully saturated rings. The van der Waals surface area contributed by atoms with Gasteiger partial charge in [0, 0.05) is 16.3 Å². The second-order valence-corrected chi connectivity index (χ2v) is 9.57. The summed E-state index contributed by atoms with van der Waals surface area (Å²) in [6, 6.07) is 0.516. The highest BCUT2D eigenvalue weighted by Gasteiger charge is 2.22. The maximum Gasteiger partial charge on any atom is 0.368 e. The van der Waals surface area contributed by atoms with Crippen LogP contribution < -0.4 is 5.32 Å². The number of hydrogen-bond acceptors (Lipinski definition) is 4. The van der Waals surface area contributed by atoms with Crippen molar-refractivity contribution in [3.05, 3.63) is 12.2 Å². The summed E-state index contributed by atoms with van der Waals surface area (Å²) in [4.78, 5) is 11.9. The Labute approximate surface area is 134 Å². The molecule has 0 saturated heterocycles. The Balaban J connectivity index is 2.46. The number of carbonyl (C=O) groups excluding carboxylic acids is 1. The number of thioether (sulfide) groups is 1. The van der Waals surface area contributed by atoms with Crippen molar-refractivity contribution < 1.29 is 9.53 Å². The molecule has 21 heavy (non-hydrogen) atoms. The van der Waals surface area contributed by atoms with Gasteiger partial charge >= 0.3 is 5.30 Å². The summed E-state index contributed by atoms with van der Waals surface area (Å²) < 4.78 is 5.46. The van der Waals surface area contributed by atoms with Gasteiger partial charge in [0.1, 0.15) is 6.10 Å². The molecule has 0 amide bonds. The van der Waals surface area contributed by atoms with E-state index < -0.39 is 0 Å². The molecular weight excluding hydrogens is 282 g/mol. The zero-order chi connectivity index (χ0) is 16.1. The molecule has 0 spiro atoms. The quantitative estimate of drug-likeness (QED) is 0.580. The van der Waals surface area contributed by atoms with Gasteiger partial charge in [-0.2, -0.15) is 0 Å². The largest absolute Gasteiger partial charge is 0.450 e. The minimum absolute atomic E-state index is 0.0667. The molecule has 0 radical (unpaired) electrons. The number of carbonyl (C=O) groups is 1. The van der Waals surface area contributed by atoms with Crippen molar-refractivity contribution >= 4 is 17.1 Å². The molecule has 0 bridgehead atoms. The Morgan fingerprint density at radius 3 is 2.43 bits per heavy atom. The highest BCUT2D eigenvalue weighted by atomic mass is 32.2. The molecule has 1 aliphatic carbocycles. The van der Waals surface area contributed by atoms with Crippen molar-refractivity contribution in [3.63, 3.8) is 0 Å². The van der Waals surface area contributed by atoms with Crippen LogP contribution in [0.3, 0.4) is 0 Å². The lowest BCUT2D eigenvalue weighted by atomic mass is 9.97. The maximum absolute atomic E-state index is 11.9. The zero-order valence-corrected chi connectivity index (χ0v) is 15.2. The Bertz CT molecular complexity index is 366. The van der Waals surface area contributed by atoms with Crippen molar-refractivity contribution in [1.82, 2.24) is 5.32 Å². The minimum atomic E-state index is -0.165. The summed E-state index contributed by atoms with van der Waals surface area (Å²) in [5.74, 6) is 0. The SMILES string of the molecule is CC(C)(C)NC1C/C=C/C(OC(=O)SC(C)(C)C)CCC1. The van der Waals surface area contributed by atoms with E-state index in [-0.39, 0.29) is 21.7 Å². The number of rotatable bonds is 2. The highest BCUT2D eigenvalue weighted by Crippen LogP contribution is 2.27. The smallest absolute Gasteiger partial charge is 0.368 e. The van der Waals surface area contributed by atoms with Crippen LogP contribution in [-0.4, -0.2) is 27.7 Å². The van der Waals surface area contributed by atoms with E-state index in [1.165, 1.54) is 11.8 Å². The van der Waals surface area contributed by atoms with Crippen molar-refractivity contribution in [2.24, 2.45) is 0 Å². The molecule has 3 nitrogen and oxygen atoms in total. The molecule has 0 aromatic carbocycles. The van der Waals surface area contributed by atoms with E-state index in [1.54, 1.807) is 0 Å². The molecule has 2 unspecified atom stereocenters. The zero-order valence-electron chi connectivity index (χ0n) is 14.4. The summed E-state index contributed by atoms with van der Waals surface area (Å²) >= 11 is 1.26. The molecule has 0 aliphatic heterocycles. The van der Waals surface area contributed by atoms with Crippen LogP contribution in [0.1, 0.15) is 67.2 Å². The molecule has 1 N–H and O–H groups in total. The van der Waals surface area contributed by atoms with Gasteiger partial charge in [-0.05, 0) is 64.3 Å². The van der Waals surface area contributed by atoms with Gasteiger partial charge in [0.25, 0.3) is 0 Å². The summed E-state index contributed by atoms with van der Waals surface area (Å²) in [6.07, 6.45) is 8.26. The normalized spacial score (nSPS) is 25.8. The van der Waals surface area contributed by atoms with E-state index in [9.17, 15) is 4.79 Å². The first-order valence-electron chi connectivity index (χ1n) is 7.89. The lowest BCUT2D eigenvalue weighted by Crippen LogP contribution is -2.43. The summed E-state index contributed by atoms with van der Waals surface area (Å²) in [7, 11) is 0. The lowest BCUT2D eigenvalue weighted by Gasteiger charge is -2.29. The highest BCUT2D eigenvalue weighted by molar-refractivity contribution is 8.14. The van der Waals surface area contributed by atoms with Crippen molar-refractivity contribution in [1.29, 1.82) is 0 Å². The fourth-order valence-corrected chi connectivity index (χ4v) is 3.09. The molecule has 0 heterocycles. The van der Waals surface area contributed by atoms with Crippen molar-refractivity contribution in [2.45, 2.75) is 89.7 Å². The average Bonchev–Trinajstić information content (AvgIpc) is 2.20. The first-order valence-corrected chi connectivity index (χ1v) is 8.71. The molecule has 0 aromatic heterocycles. The Kier molecular flexibility index (Phi) is 6.79. The molecule has 122 valence electrons. The van der Waals surface area contributed by atoms with Crippen LogP contribution >= 0.6 is 11.8 Å². The van der Waals surface area contributed by atoms with Crippen LogP contribution in [-0.2, 0) is 4.74 Å². The van der Waals surface area contributed by atoms with E-state index in [2.05, 4.69) is 38.2 Å². The van der Waals surface area contributed by atoms with Gasteiger partial charge in [-0.1, -0.05) is 26.8 Å². The summed E-state index contributed by atoms with van der Waals surface area (Å²) in [5, 5.41) is 3.48. The number of hydrogen-bond donors (Lipinski definition) is 1. The average molecular weight is 314 g/mol.